The smallest absolute Gasteiger partial charge is 0.264 e. The van der Waals surface area contributed by atoms with Crippen molar-refractivity contribution in [2.75, 3.05) is 25.0 Å². The fourth-order valence-corrected chi connectivity index (χ4v) is 5.70. The molecule has 8 nitrogen and oxygen atoms in total. The zero-order valence-corrected chi connectivity index (χ0v) is 23.8. The van der Waals surface area contributed by atoms with Crippen LogP contribution in [-0.4, -0.2) is 51.9 Å². The number of ether oxygens (including phenoxy) is 1. The third kappa shape index (κ3) is 6.59. The number of aryl methyl sites for hydroxylation is 1. The van der Waals surface area contributed by atoms with Gasteiger partial charge in [-0.15, -0.1) is 0 Å². The molecule has 0 saturated heterocycles. The van der Waals surface area contributed by atoms with Gasteiger partial charge in [0.1, 0.15) is 18.3 Å². The first-order chi connectivity index (χ1) is 18.0. The average molecular weight is 579 g/mol. The number of para-hydroxylation sites is 2. The summed E-state index contributed by atoms with van der Waals surface area (Å²) in [5.74, 6) is -0.773. The van der Waals surface area contributed by atoms with E-state index in [2.05, 4.69) is 5.32 Å². The lowest BCUT2D eigenvalue weighted by Gasteiger charge is -2.32. The summed E-state index contributed by atoms with van der Waals surface area (Å²) < 4.78 is 34.1. The molecule has 0 fully saturated rings. The SMILES string of the molecule is CNC(=O)[C@H](C)N(Cc1ccc(Cl)cc1Cl)C(=O)CN(c1ccccc1OC)S(=O)(=O)c1ccc(C)cc1. The maximum absolute atomic E-state index is 13.9. The van der Waals surface area contributed by atoms with E-state index in [1.807, 2.05) is 6.92 Å². The van der Waals surface area contributed by atoms with Crippen molar-refractivity contribution in [2.24, 2.45) is 0 Å². The standard InChI is InChI=1S/C27H29Cl2N3O5S/c1-18-9-13-22(14-10-18)38(35,36)32(24-7-5-6-8-25(24)37-4)17-26(33)31(19(2)27(34)30-3)16-20-11-12-21(28)15-23(20)29/h5-15,19H,16-17H2,1-4H3,(H,30,34)/t19-/m0/s1. The van der Waals surface area contributed by atoms with Crippen LogP contribution in [0.15, 0.2) is 71.6 Å². The van der Waals surface area contributed by atoms with Crippen LogP contribution >= 0.6 is 23.2 Å². The molecular formula is C27H29Cl2N3O5S. The zero-order valence-electron chi connectivity index (χ0n) is 21.4. The highest BCUT2D eigenvalue weighted by Crippen LogP contribution is 2.33. The van der Waals surface area contributed by atoms with E-state index in [0.29, 0.717) is 15.6 Å². The van der Waals surface area contributed by atoms with Gasteiger partial charge in [0.05, 0.1) is 17.7 Å². The van der Waals surface area contributed by atoms with Crippen LogP contribution in [0.5, 0.6) is 5.75 Å². The van der Waals surface area contributed by atoms with Crippen LogP contribution in [0.2, 0.25) is 10.0 Å². The second-order valence-electron chi connectivity index (χ2n) is 8.54. The highest BCUT2D eigenvalue weighted by atomic mass is 35.5. The summed E-state index contributed by atoms with van der Waals surface area (Å²) in [6, 6.07) is 16.7. The second kappa shape index (κ2) is 12.5. The molecule has 3 rings (SSSR count). The van der Waals surface area contributed by atoms with Gasteiger partial charge >= 0.3 is 0 Å². The molecule has 0 saturated carbocycles. The molecule has 0 aromatic heterocycles. The molecule has 0 radical (unpaired) electrons. The first-order valence-corrected chi connectivity index (χ1v) is 13.9. The molecule has 2 amide bonds. The molecule has 202 valence electrons. The Bertz CT molecular complexity index is 1410. The van der Waals surface area contributed by atoms with Gasteiger partial charge in [-0.3, -0.25) is 13.9 Å². The molecule has 0 bridgehead atoms. The minimum atomic E-state index is -4.21. The van der Waals surface area contributed by atoms with Crippen LogP contribution in [0.1, 0.15) is 18.1 Å². The van der Waals surface area contributed by atoms with E-state index in [-0.39, 0.29) is 22.9 Å². The van der Waals surface area contributed by atoms with E-state index < -0.39 is 34.4 Å². The molecule has 0 spiro atoms. The molecule has 11 heteroatoms. The number of hydrogen-bond donors (Lipinski definition) is 1. The highest BCUT2D eigenvalue weighted by Gasteiger charge is 2.33. The highest BCUT2D eigenvalue weighted by molar-refractivity contribution is 7.92. The number of hydrogen-bond acceptors (Lipinski definition) is 5. The van der Waals surface area contributed by atoms with Crippen molar-refractivity contribution < 1.29 is 22.7 Å². The molecule has 3 aromatic carbocycles. The Morgan fingerprint density at radius 1 is 1.03 bits per heavy atom. The monoisotopic (exact) mass is 577 g/mol. The van der Waals surface area contributed by atoms with Gasteiger partial charge in [0, 0.05) is 23.6 Å². The first kappa shape index (κ1) is 29.3. The number of carbonyl (C=O) groups is 2. The number of sulfonamides is 1. The fourth-order valence-electron chi connectivity index (χ4n) is 3.81. The summed E-state index contributed by atoms with van der Waals surface area (Å²) in [5.41, 5.74) is 1.61. The van der Waals surface area contributed by atoms with Crippen molar-refractivity contribution in [1.29, 1.82) is 0 Å². The van der Waals surface area contributed by atoms with Gasteiger partial charge in [-0.25, -0.2) is 8.42 Å². The molecule has 0 aliphatic carbocycles. The molecule has 1 N–H and O–H groups in total. The number of nitrogens with one attached hydrogen (secondary N) is 1. The van der Waals surface area contributed by atoms with E-state index in [4.69, 9.17) is 27.9 Å². The summed E-state index contributed by atoms with van der Waals surface area (Å²) in [4.78, 5) is 27.7. The quantitative estimate of drug-likeness (QED) is 0.378. The zero-order chi connectivity index (χ0) is 28.0. The van der Waals surface area contributed by atoms with Crippen LogP contribution in [0.4, 0.5) is 5.69 Å². The summed E-state index contributed by atoms with van der Waals surface area (Å²) in [7, 11) is -1.33. The van der Waals surface area contributed by atoms with Gasteiger partial charge in [-0.05, 0) is 55.8 Å². The minimum absolute atomic E-state index is 0.00783. The molecule has 0 aliphatic rings. The van der Waals surface area contributed by atoms with E-state index >= 15 is 0 Å². The molecule has 3 aromatic rings. The van der Waals surface area contributed by atoms with E-state index in [1.54, 1.807) is 55.5 Å². The Balaban J connectivity index is 2.09. The Morgan fingerprint density at radius 2 is 1.68 bits per heavy atom. The Kier molecular flexibility index (Phi) is 9.65. The van der Waals surface area contributed by atoms with E-state index in [0.717, 1.165) is 9.87 Å². The second-order valence-corrected chi connectivity index (χ2v) is 11.3. The predicted molar refractivity (Wildman–Crippen MR) is 149 cm³/mol. The van der Waals surface area contributed by atoms with Gasteiger partial charge in [0.2, 0.25) is 11.8 Å². The average Bonchev–Trinajstić information content (AvgIpc) is 2.90. The lowest BCUT2D eigenvalue weighted by molar-refractivity contribution is -0.139. The maximum Gasteiger partial charge on any atom is 0.264 e. The number of benzene rings is 3. The van der Waals surface area contributed by atoms with Crippen LogP contribution in [-0.2, 0) is 26.2 Å². The van der Waals surface area contributed by atoms with Gasteiger partial charge in [0.15, 0.2) is 0 Å². The van der Waals surface area contributed by atoms with Crippen LogP contribution < -0.4 is 14.4 Å². The summed E-state index contributed by atoms with van der Waals surface area (Å²) in [6.45, 7) is 2.76. The van der Waals surface area contributed by atoms with Crippen LogP contribution in [0.25, 0.3) is 0 Å². The van der Waals surface area contributed by atoms with Gasteiger partial charge < -0.3 is 15.0 Å². The van der Waals surface area contributed by atoms with Crippen molar-refractivity contribution in [1.82, 2.24) is 10.2 Å². The van der Waals surface area contributed by atoms with Gasteiger partial charge in [-0.1, -0.05) is 59.1 Å². The Morgan fingerprint density at radius 3 is 2.29 bits per heavy atom. The largest absolute Gasteiger partial charge is 0.495 e. The molecule has 0 aliphatic heterocycles. The number of halogens is 2. The van der Waals surface area contributed by atoms with E-state index in [9.17, 15) is 18.0 Å². The van der Waals surface area contributed by atoms with Gasteiger partial charge in [-0.2, -0.15) is 0 Å². The number of rotatable bonds is 10. The van der Waals surface area contributed by atoms with Crippen LogP contribution in [0.3, 0.4) is 0 Å². The third-order valence-corrected chi connectivity index (χ3v) is 8.37. The number of carbonyl (C=O) groups excluding carboxylic acids is 2. The molecule has 0 unspecified atom stereocenters. The lowest BCUT2D eigenvalue weighted by atomic mass is 10.1. The lowest BCUT2D eigenvalue weighted by Crippen LogP contribution is -2.50. The Hall–Kier alpha value is -3.27. The first-order valence-electron chi connectivity index (χ1n) is 11.7. The molecule has 1 atom stereocenters. The normalized spacial score (nSPS) is 11.9. The molecular weight excluding hydrogens is 549 g/mol. The minimum Gasteiger partial charge on any atom is -0.495 e. The van der Waals surface area contributed by atoms with Crippen molar-refractivity contribution in [2.45, 2.75) is 31.3 Å². The number of anilines is 1. The number of methoxy groups -OCH3 is 1. The summed E-state index contributed by atoms with van der Waals surface area (Å²) >= 11 is 12.4. The van der Waals surface area contributed by atoms with Gasteiger partial charge in [0.25, 0.3) is 10.0 Å². The van der Waals surface area contributed by atoms with Crippen LogP contribution in [0, 0.1) is 6.92 Å². The third-order valence-electron chi connectivity index (χ3n) is 6.01. The number of likely N-dealkylation sites (N-methyl/N-ethyl adjacent to an activating group) is 1. The maximum atomic E-state index is 13.9. The molecule has 38 heavy (non-hydrogen) atoms. The summed E-state index contributed by atoms with van der Waals surface area (Å²) in [6.07, 6.45) is 0. The van der Waals surface area contributed by atoms with Crippen molar-refractivity contribution in [3.63, 3.8) is 0 Å². The van der Waals surface area contributed by atoms with Crippen molar-refractivity contribution in [3.8, 4) is 5.75 Å². The summed E-state index contributed by atoms with van der Waals surface area (Å²) in [5, 5.41) is 3.27. The predicted octanol–water partition coefficient (Wildman–Crippen LogP) is 4.67. The number of amides is 2. The van der Waals surface area contributed by atoms with Crippen molar-refractivity contribution in [3.05, 3.63) is 87.9 Å². The molecule has 0 heterocycles. The van der Waals surface area contributed by atoms with Crippen molar-refractivity contribution >= 4 is 50.7 Å². The topological polar surface area (TPSA) is 96.0 Å². The number of nitrogens with zero attached hydrogens (tertiary/aromatic N) is 2. The fraction of sp³-hybridized carbons (Fsp3) is 0.259. The van der Waals surface area contributed by atoms with E-state index in [1.165, 1.54) is 37.3 Å². The Labute approximate surface area is 233 Å².